The normalized spacial score (nSPS) is 14.5. The van der Waals surface area contributed by atoms with E-state index in [2.05, 4.69) is 37.7 Å². The quantitative estimate of drug-likeness (QED) is 0.646. The summed E-state index contributed by atoms with van der Waals surface area (Å²) in [7, 11) is 0. The van der Waals surface area contributed by atoms with Gasteiger partial charge in [0, 0.05) is 12.6 Å². The van der Waals surface area contributed by atoms with Crippen LogP contribution in [0.5, 0.6) is 0 Å². The maximum absolute atomic E-state index is 11.8. The summed E-state index contributed by atoms with van der Waals surface area (Å²) in [4.78, 5) is 0. The van der Waals surface area contributed by atoms with Gasteiger partial charge in [-0.25, -0.2) is 0 Å². The number of halogens is 3. The lowest BCUT2D eigenvalue weighted by atomic mass is 9.91. The van der Waals surface area contributed by atoms with E-state index in [0.717, 1.165) is 13.0 Å². The van der Waals surface area contributed by atoms with Crippen LogP contribution in [0, 0.1) is 11.8 Å². The molecule has 110 valence electrons. The zero-order valence-corrected chi connectivity index (χ0v) is 11.8. The van der Waals surface area contributed by atoms with Crippen LogP contribution >= 0.6 is 0 Å². The van der Waals surface area contributed by atoms with Gasteiger partial charge in [0.1, 0.15) is 6.61 Å². The van der Waals surface area contributed by atoms with Crippen molar-refractivity contribution in [3.63, 3.8) is 0 Å². The van der Waals surface area contributed by atoms with E-state index in [4.69, 9.17) is 0 Å². The predicted octanol–water partition coefficient (Wildman–Crippen LogP) is 3.62. The Hall–Kier alpha value is -0.290. The van der Waals surface area contributed by atoms with Crippen molar-refractivity contribution in [2.24, 2.45) is 11.8 Å². The SMILES string of the molecule is CC(C)NCC(CCCOCC(F)(F)F)C(C)C. The van der Waals surface area contributed by atoms with Gasteiger partial charge in [0.15, 0.2) is 0 Å². The van der Waals surface area contributed by atoms with Crippen molar-refractivity contribution in [3.05, 3.63) is 0 Å². The van der Waals surface area contributed by atoms with Gasteiger partial charge in [-0.2, -0.15) is 13.2 Å². The summed E-state index contributed by atoms with van der Waals surface area (Å²) >= 11 is 0. The Balaban J connectivity index is 3.71. The lowest BCUT2D eigenvalue weighted by Gasteiger charge is -2.22. The molecule has 1 unspecified atom stereocenters. The van der Waals surface area contributed by atoms with Gasteiger partial charge in [-0.15, -0.1) is 0 Å². The molecule has 1 atom stereocenters. The Morgan fingerprint density at radius 3 is 2.17 bits per heavy atom. The van der Waals surface area contributed by atoms with Crippen LogP contribution in [0.2, 0.25) is 0 Å². The minimum absolute atomic E-state index is 0.185. The van der Waals surface area contributed by atoms with Crippen LogP contribution in [0.4, 0.5) is 13.2 Å². The van der Waals surface area contributed by atoms with Gasteiger partial charge in [-0.1, -0.05) is 27.7 Å². The highest BCUT2D eigenvalue weighted by atomic mass is 19.4. The number of rotatable bonds is 9. The van der Waals surface area contributed by atoms with E-state index in [-0.39, 0.29) is 6.61 Å². The largest absolute Gasteiger partial charge is 0.411 e. The maximum Gasteiger partial charge on any atom is 0.411 e. The molecule has 1 N–H and O–H groups in total. The predicted molar refractivity (Wildman–Crippen MR) is 67.6 cm³/mol. The second-order valence-electron chi connectivity index (χ2n) is 5.38. The van der Waals surface area contributed by atoms with Crippen LogP contribution in [-0.4, -0.2) is 32.0 Å². The Morgan fingerprint density at radius 2 is 1.72 bits per heavy atom. The number of hydrogen-bond donors (Lipinski definition) is 1. The molecule has 0 aliphatic rings. The van der Waals surface area contributed by atoms with Crippen LogP contribution in [-0.2, 0) is 4.74 Å². The molecule has 0 heterocycles. The third-order valence-electron chi connectivity index (χ3n) is 2.86. The van der Waals surface area contributed by atoms with Crippen molar-refractivity contribution >= 4 is 0 Å². The van der Waals surface area contributed by atoms with Crippen molar-refractivity contribution in [1.29, 1.82) is 0 Å². The van der Waals surface area contributed by atoms with Crippen LogP contribution in [0.1, 0.15) is 40.5 Å². The molecule has 18 heavy (non-hydrogen) atoms. The van der Waals surface area contributed by atoms with Gasteiger partial charge in [0.2, 0.25) is 0 Å². The first-order chi connectivity index (χ1) is 8.22. The molecule has 5 heteroatoms. The lowest BCUT2D eigenvalue weighted by Crippen LogP contribution is -2.31. The number of ether oxygens (including phenoxy) is 1. The Kier molecular flexibility index (Phi) is 8.61. The van der Waals surface area contributed by atoms with Gasteiger partial charge < -0.3 is 10.1 Å². The number of nitrogens with one attached hydrogen (secondary N) is 1. The number of hydrogen-bond acceptors (Lipinski definition) is 2. The third-order valence-corrected chi connectivity index (χ3v) is 2.86. The Labute approximate surface area is 108 Å². The lowest BCUT2D eigenvalue weighted by molar-refractivity contribution is -0.174. The van der Waals surface area contributed by atoms with Crippen molar-refractivity contribution in [2.75, 3.05) is 19.8 Å². The van der Waals surface area contributed by atoms with E-state index in [1.54, 1.807) is 0 Å². The van der Waals surface area contributed by atoms with E-state index in [1.165, 1.54) is 0 Å². The van der Waals surface area contributed by atoms with Crippen LogP contribution < -0.4 is 5.32 Å². The molecule has 0 rings (SSSR count). The van der Waals surface area contributed by atoms with E-state index >= 15 is 0 Å². The Bertz CT molecular complexity index is 205. The molecule has 0 fully saturated rings. The fourth-order valence-corrected chi connectivity index (χ4v) is 1.69. The summed E-state index contributed by atoms with van der Waals surface area (Å²) in [6.07, 6.45) is -2.63. The summed E-state index contributed by atoms with van der Waals surface area (Å²) in [5.41, 5.74) is 0. The van der Waals surface area contributed by atoms with Crippen molar-refractivity contribution < 1.29 is 17.9 Å². The molecule has 0 aliphatic carbocycles. The molecule has 2 nitrogen and oxygen atoms in total. The van der Waals surface area contributed by atoms with E-state index < -0.39 is 12.8 Å². The molecule has 0 bridgehead atoms. The fraction of sp³-hybridized carbons (Fsp3) is 1.00. The summed E-state index contributed by atoms with van der Waals surface area (Å²) in [6, 6.07) is 0.438. The third kappa shape index (κ3) is 10.8. The van der Waals surface area contributed by atoms with Crippen molar-refractivity contribution in [3.8, 4) is 0 Å². The van der Waals surface area contributed by atoms with Gasteiger partial charge >= 0.3 is 6.18 Å². The summed E-state index contributed by atoms with van der Waals surface area (Å²) in [5.74, 6) is 1.01. The highest BCUT2D eigenvalue weighted by Crippen LogP contribution is 2.18. The zero-order chi connectivity index (χ0) is 14.2. The highest BCUT2D eigenvalue weighted by Gasteiger charge is 2.27. The first-order valence-electron chi connectivity index (χ1n) is 6.60. The van der Waals surface area contributed by atoms with Crippen LogP contribution in [0.3, 0.4) is 0 Å². The molecule has 0 saturated heterocycles. The molecule has 0 spiro atoms. The monoisotopic (exact) mass is 269 g/mol. The van der Waals surface area contributed by atoms with Gasteiger partial charge in [0.05, 0.1) is 0 Å². The molecule has 0 aromatic carbocycles. The van der Waals surface area contributed by atoms with E-state index in [9.17, 15) is 13.2 Å². The molecule has 0 saturated carbocycles. The minimum Gasteiger partial charge on any atom is -0.372 e. The van der Waals surface area contributed by atoms with E-state index in [0.29, 0.717) is 24.3 Å². The topological polar surface area (TPSA) is 21.3 Å². The Morgan fingerprint density at radius 1 is 1.11 bits per heavy atom. The van der Waals surface area contributed by atoms with Gasteiger partial charge in [-0.3, -0.25) is 0 Å². The molecule has 0 radical (unpaired) electrons. The first kappa shape index (κ1) is 17.7. The average molecular weight is 269 g/mol. The second kappa shape index (κ2) is 8.75. The van der Waals surface area contributed by atoms with Crippen LogP contribution in [0.15, 0.2) is 0 Å². The summed E-state index contributed by atoms with van der Waals surface area (Å²) in [6.45, 7) is 8.42. The van der Waals surface area contributed by atoms with Crippen molar-refractivity contribution in [1.82, 2.24) is 5.32 Å². The molecular formula is C13H26F3NO. The van der Waals surface area contributed by atoms with Gasteiger partial charge in [-0.05, 0) is 31.2 Å². The summed E-state index contributed by atoms with van der Waals surface area (Å²) < 4.78 is 40.1. The molecule has 0 amide bonds. The van der Waals surface area contributed by atoms with E-state index in [1.807, 2.05) is 0 Å². The summed E-state index contributed by atoms with van der Waals surface area (Å²) in [5, 5.41) is 3.37. The fourth-order valence-electron chi connectivity index (χ4n) is 1.69. The minimum atomic E-state index is -4.21. The highest BCUT2D eigenvalue weighted by molar-refractivity contribution is 4.67. The zero-order valence-electron chi connectivity index (χ0n) is 11.8. The second-order valence-corrected chi connectivity index (χ2v) is 5.38. The van der Waals surface area contributed by atoms with Gasteiger partial charge in [0.25, 0.3) is 0 Å². The molecule has 0 aromatic rings. The molecule has 0 aromatic heterocycles. The number of alkyl halides is 3. The maximum atomic E-state index is 11.8. The standard InChI is InChI=1S/C13H26F3NO/c1-10(2)12(8-17-11(3)4)6-5-7-18-9-13(14,15)16/h10-12,17H,5-9H2,1-4H3. The van der Waals surface area contributed by atoms with Crippen LogP contribution in [0.25, 0.3) is 0 Å². The smallest absolute Gasteiger partial charge is 0.372 e. The first-order valence-corrected chi connectivity index (χ1v) is 6.60. The van der Waals surface area contributed by atoms with Crippen molar-refractivity contribution in [2.45, 2.75) is 52.8 Å². The molecule has 0 aliphatic heterocycles. The molecular weight excluding hydrogens is 243 g/mol. The average Bonchev–Trinajstić information content (AvgIpc) is 2.19.